The minimum atomic E-state index is -0.163. The maximum absolute atomic E-state index is 13.2. The fourth-order valence-corrected chi connectivity index (χ4v) is 5.05. The van der Waals surface area contributed by atoms with Crippen molar-refractivity contribution in [3.05, 3.63) is 54.1 Å². The Morgan fingerprint density at radius 3 is 2.73 bits per heavy atom. The monoisotopic (exact) mass is 445 g/mol. The molecule has 5 rings (SSSR count). The molecule has 1 aliphatic rings. The van der Waals surface area contributed by atoms with E-state index < -0.39 is 0 Å². The van der Waals surface area contributed by atoms with Crippen LogP contribution in [0.15, 0.2) is 48.5 Å². The van der Waals surface area contributed by atoms with E-state index in [0.717, 1.165) is 35.5 Å². The summed E-state index contributed by atoms with van der Waals surface area (Å²) in [7, 11) is 2.03. The zero-order chi connectivity index (χ0) is 23.1. The molecule has 2 aromatic heterocycles. The van der Waals surface area contributed by atoms with Gasteiger partial charge in [0, 0.05) is 55.8 Å². The van der Waals surface area contributed by atoms with Gasteiger partial charge >= 0.3 is 0 Å². The van der Waals surface area contributed by atoms with Crippen molar-refractivity contribution >= 4 is 27.8 Å². The summed E-state index contributed by atoms with van der Waals surface area (Å²) in [5, 5.41) is 1.20. The number of rotatable bonds is 5. The Morgan fingerprint density at radius 1 is 1.15 bits per heavy atom. The summed E-state index contributed by atoms with van der Waals surface area (Å²) in [5.41, 5.74) is 11.0. The van der Waals surface area contributed by atoms with Crippen molar-refractivity contribution in [2.45, 2.75) is 39.0 Å². The number of benzene rings is 2. The van der Waals surface area contributed by atoms with E-state index in [4.69, 9.17) is 15.5 Å². The predicted molar refractivity (Wildman–Crippen MR) is 131 cm³/mol. The van der Waals surface area contributed by atoms with Crippen molar-refractivity contribution in [3.8, 4) is 11.5 Å². The van der Waals surface area contributed by atoms with Crippen LogP contribution in [-0.2, 0) is 18.3 Å². The fourth-order valence-electron chi connectivity index (χ4n) is 5.05. The van der Waals surface area contributed by atoms with Crippen LogP contribution in [0.1, 0.15) is 30.6 Å². The second kappa shape index (κ2) is 8.65. The number of amides is 1. The highest BCUT2D eigenvalue weighted by Gasteiger charge is 2.30. The maximum Gasteiger partial charge on any atom is 0.253 e. The summed E-state index contributed by atoms with van der Waals surface area (Å²) in [6.45, 7) is 6.77. The number of aryl methyl sites for hydroxylation is 2. The first-order valence-electron chi connectivity index (χ1n) is 11.7. The Balaban J connectivity index is 1.48. The summed E-state index contributed by atoms with van der Waals surface area (Å²) in [5.74, 6) is 0.893. The molecule has 2 N–H and O–H groups in total. The molecule has 1 saturated heterocycles. The Hall–Kier alpha value is -3.16. The van der Waals surface area contributed by atoms with E-state index in [2.05, 4.69) is 46.4 Å². The van der Waals surface area contributed by atoms with Crippen LogP contribution in [0, 0.1) is 0 Å². The summed E-state index contributed by atoms with van der Waals surface area (Å²) < 4.78 is 10.1. The van der Waals surface area contributed by atoms with E-state index in [-0.39, 0.29) is 18.1 Å². The Morgan fingerprint density at radius 2 is 1.97 bits per heavy atom. The summed E-state index contributed by atoms with van der Waals surface area (Å²) in [6, 6.07) is 16.2. The number of hydrogen-bond acceptors (Lipinski definition) is 4. The van der Waals surface area contributed by atoms with Gasteiger partial charge in [0.1, 0.15) is 0 Å². The maximum atomic E-state index is 13.2. The molecule has 0 spiro atoms. The van der Waals surface area contributed by atoms with Gasteiger partial charge in [0.15, 0.2) is 5.82 Å². The third-order valence-corrected chi connectivity index (χ3v) is 6.74. The van der Waals surface area contributed by atoms with E-state index in [1.165, 1.54) is 10.9 Å². The molecule has 2 atom stereocenters. The first-order chi connectivity index (χ1) is 16.0. The molecular formula is C26H31N5O2. The molecule has 0 aliphatic carbocycles. The molecule has 4 aromatic rings. The number of aromatic nitrogens is 3. The van der Waals surface area contributed by atoms with E-state index in [1.54, 1.807) is 0 Å². The Labute approximate surface area is 193 Å². The van der Waals surface area contributed by atoms with Crippen molar-refractivity contribution in [1.29, 1.82) is 0 Å². The number of nitrogens with two attached hydrogens (primary N) is 1. The van der Waals surface area contributed by atoms with Gasteiger partial charge in [-0.25, -0.2) is 4.98 Å². The van der Waals surface area contributed by atoms with Gasteiger partial charge in [-0.05, 0) is 50.6 Å². The van der Waals surface area contributed by atoms with Crippen LogP contribution in [0.5, 0.6) is 0 Å². The van der Waals surface area contributed by atoms with Gasteiger partial charge in [-0.1, -0.05) is 18.2 Å². The van der Waals surface area contributed by atoms with Crippen molar-refractivity contribution in [2.24, 2.45) is 12.8 Å². The Kier molecular flexibility index (Phi) is 5.68. The van der Waals surface area contributed by atoms with Gasteiger partial charge in [-0.2, -0.15) is 0 Å². The number of para-hydroxylation sites is 1. The molecule has 33 heavy (non-hydrogen) atoms. The largest absolute Gasteiger partial charge is 0.377 e. The van der Waals surface area contributed by atoms with Crippen LogP contribution in [0.2, 0.25) is 0 Å². The SMILES string of the molecule is CCOC1CCN(C(=O)c2ccc3c(c2)nc(-c2cc4ccccc4n2CC)n3C)CC1N. The fraction of sp³-hybridized carbons (Fsp3) is 0.385. The van der Waals surface area contributed by atoms with Crippen LogP contribution in [0.25, 0.3) is 33.5 Å². The minimum absolute atomic E-state index is 0.00262. The highest BCUT2D eigenvalue weighted by molar-refractivity contribution is 5.98. The molecule has 7 heteroatoms. The average molecular weight is 446 g/mol. The van der Waals surface area contributed by atoms with E-state index in [0.29, 0.717) is 25.3 Å². The van der Waals surface area contributed by atoms with Crippen LogP contribution < -0.4 is 5.73 Å². The third-order valence-electron chi connectivity index (χ3n) is 6.74. The normalized spacial score (nSPS) is 19.0. The number of likely N-dealkylation sites (tertiary alicyclic amines) is 1. The number of piperidine rings is 1. The molecule has 2 aromatic carbocycles. The standard InChI is InChI=1S/C26H31N5O2/c1-4-31-21-9-7-6-8-17(21)15-23(31)25-28-20-14-18(10-11-22(20)29(25)3)26(32)30-13-12-24(33-5-2)19(27)16-30/h6-11,14-15,19,24H,4-5,12-13,16,27H2,1-3H3. The smallest absolute Gasteiger partial charge is 0.253 e. The van der Waals surface area contributed by atoms with Crippen LogP contribution in [0.3, 0.4) is 0 Å². The highest BCUT2D eigenvalue weighted by atomic mass is 16.5. The van der Waals surface area contributed by atoms with E-state index in [1.807, 2.05) is 37.1 Å². The lowest BCUT2D eigenvalue weighted by atomic mass is 10.0. The molecule has 1 fully saturated rings. The van der Waals surface area contributed by atoms with Gasteiger partial charge in [-0.3, -0.25) is 4.79 Å². The lowest BCUT2D eigenvalue weighted by molar-refractivity contribution is 0.00180. The van der Waals surface area contributed by atoms with Crippen LogP contribution in [0.4, 0.5) is 0 Å². The molecule has 172 valence electrons. The van der Waals surface area contributed by atoms with Gasteiger partial charge in [0.25, 0.3) is 5.91 Å². The first-order valence-corrected chi connectivity index (χ1v) is 11.7. The van der Waals surface area contributed by atoms with Gasteiger partial charge in [0.05, 0.1) is 22.8 Å². The highest BCUT2D eigenvalue weighted by Crippen LogP contribution is 2.30. The number of ether oxygens (including phenoxy) is 1. The van der Waals surface area contributed by atoms with Crippen molar-refractivity contribution in [1.82, 2.24) is 19.0 Å². The molecule has 3 heterocycles. The topological polar surface area (TPSA) is 78.3 Å². The van der Waals surface area contributed by atoms with Crippen molar-refractivity contribution in [3.63, 3.8) is 0 Å². The number of nitrogens with zero attached hydrogens (tertiary/aromatic N) is 4. The second-order valence-electron chi connectivity index (χ2n) is 8.73. The zero-order valence-electron chi connectivity index (χ0n) is 19.5. The first kappa shape index (κ1) is 21.7. The molecule has 7 nitrogen and oxygen atoms in total. The molecule has 2 unspecified atom stereocenters. The van der Waals surface area contributed by atoms with Crippen LogP contribution in [-0.4, -0.2) is 56.8 Å². The Bertz CT molecular complexity index is 1320. The van der Waals surface area contributed by atoms with Gasteiger partial charge < -0.3 is 24.5 Å². The quantitative estimate of drug-likeness (QED) is 0.507. The summed E-state index contributed by atoms with van der Waals surface area (Å²) >= 11 is 0. The van der Waals surface area contributed by atoms with E-state index in [9.17, 15) is 4.79 Å². The lowest BCUT2D eigenvalue weighted by Gasteiger charge is -2.36. The van der Waals surface area contributed by atoms with Crippen molar-refractivity contribution < 1.29 is 9.53 Å². The van der Waals surface area contributed by atoms with Gasteiger partial charge in [0.2, 0.25) is 0 Å². The number of hydrogen-bond donors (Lipinski definition) is 1. The number of carbonyl (C=O) groups is 1. The van der Waals surface area contributed by atoms with E-state index >= 15 is 0 Å². The summed E-state index contributed by atoms with van der Waals surface area (Å²) in [4.78, 5) is 20.0. The lowest BCUT2D eigenvalue weighted by Crippen LogP contribution is -2.53. The molecule has 0 radical (unpaired) electrons. The average Bonchev–Trinajstić information content (AvgIpc) is 3.36. The summed E-state index contributed by atoms with van der Waals surface area (Å²) in [6.07, 6.45) is 0.781. The molecular weight excluding hydrogens is 414 g/mol. The second-order valence-corrected chi connectivity index (χ2v) is 8.73. The minimum Gasteiger partial charge on any atom is -0.377 e. The number of fused-ring (bicyclic) bond motifs is 2. The van der Waals surface area contributed by atoms with Crippen LogP contribution >= 0.6 is 0 Å². The molecule has 0 saturated carbocycles. The van der Waals surface area contributed by atoms with Gasteiger partial charge in [-0.15, -0.1) is 0 Å². The molecule has 0 bridgehead atoms. The molecule has 1 amide bonds. The number of imidazole rings is 1. The zero-order valence-corrected chi connectivity index (χ0v) is 19.5. The number of carbonyl (C=O) groups excluding carboxylic acids is 1. The van der Waals surface area contributed by atoms with Crippen molar-refractivity contribution in [2.75, 3.05) is 19.7 Å². The predicted octanol–water partition coefficient (Wildman–Crippen LogP) is 3.79. The third kappa shape index (κ3) is 3.71. The molecule has 1 aliphatic heterocycles.